The molecule has 0 aliphatic heterocycles. The van der Waals surface area contributed by atoms with E-state index in [0.717, 1.165) is 26.2 Å². The monoisotopic (exact) mass is 490 g/mol. The van der Waals surface area contributed by atoms with Crippen molar-refractivity contribution in [3.8, 4) is 0 Å². The van der Waals surface area contributed by atoms with E-state index in [2.05, 4.69) is 65.2 Å². The molecule has 0 saturated carbocycles. The fourth-order valence-corrected chi connectivity index (χ4v) is 2.81. The maximum absolute atomic E-state index is 4.99. The number of hydrogen-bond acceptors (Lipinski definition) is 4. The second-order valence-corrected chi connectivity index (χ2v) is 9.98. The molecular formula is C18H38N2OS4Zn. The van der Waals surface area contributed by atoms with Crippen molar-refractivity contribution in [3.05, 3.63) is 0 Å². The van der Waals surface area contributed by atoms with Crippen molar-refractivity contribution in [3.63, 3.8) is 0 Å². The van der Waals surface area contributed by atoms with Gasteiger partial charge in [-0.3, -0.25) is 0 Å². The summed E-state index contributed by atoms with van der Waals surface area (Å²) in [6, 6.07) is 0. The van der Waals surface area contributed by atoms with Crippen LogP contribution in [0.4, 0.5) is 0 Å². The molecule has 0 aromatic heterocycles. The van der Waals surface area contributed by atoms with Crippen LogP contribution in [0, 0.1) is 23.7 Å². The molecule has 0 unspecified atom stereocenters. The molecule has 0 heterocycles. The maximum atomic E-state index is 4.99. The predicted octanol–water partition coefficient (Wildman–Crippen LogP) is 4.04. The average molecular weight is 492 g/mol. The van der Waals surface area contributed by atoms with Crippen LogP contribution in [0.1, 0.15) is 55.4 Å². The fourth-order valence-electron chi connectivity index (χ4n) is 2.21. The second kappa shape index (κ2) is 19.1. The summed E-state index contributed by atoms with van der Waals surface area (Å²) in [5, 5.41) is 0. The van der Waals surface area contributed by atoms with E-state index in [9.17, 15) is 0 Å². The van der Waals surface area contributed by atoms with Crippen molar-refractivity contribution in [2.75, 3.05) is 26.2 Å². The molecule has 0 saturated heterocycles. The summed E-state index contributed by atoms with van der Waals surface area (Å²) < 4.78 is 1.22. The van der Waals surface area contributed by atoms with Gasteiger partial charge >= 0.3 is 19.5 Å². The van der Waals surface area contributed by atoms with Crippen LogP contribution >= 0.6 is 24.4 Å². The van der Waals surface area contributed by atoms with Gasteiger partial charge in [0.15, 0.2) is 0 Å². The second-order valence-electron chi connectivity index (χ2n) is 7.92. The molecule has 0 bridgehead atoms. The SMILES string of the molecule is CC(C)CN(CC(C)C)C(=S)[S-].CC(C)CN(CC(C)C)C(=S)[S-].O.[Zn+2]. The minimum Gasteiger partial charge on any atom is -0.412 e. The van der Waals surface area contributed by atoms with Crippen LogP contribution in [0.2, 0.25) is 0 Å². The summed E-state index contributed by atoms with van der Waals surface area (Å²) in [6.45, 7) is 21.4. The molecule has 0 spiro atoms. The third-order valence-corrected chi connectivity index (χ3v) is 3.89. The standard InChI is InChI=1S/2C9H19NS2.H2O.Zn/c2*1-7(2)5-10(9(11)12)6-8(3)4;;/h2*7-8H,5-6H2,1-4H3,(H,11,12);1H2;/q;;;+2/p-2. The molecule has 152 valence electrons. The molecule has 0 fully saturated rings. The first-order valence-corrected chi connectivity index (χ1v) is 10.4. The molecule has 3 nitrogen and oxygen atoms in total. The molecule has 26 heavy (non-hydrogen) atoms. The van der Waals surface area contributed by atoms with Crippen molar-refractivity contribution in [1.29, 1.82) is 0 Å². The number of nitrogens with zero attached hydrogens (tertiary/aromatic N) is 2. The largest absolute Gasteiger partial charge is 2.00 e. The Balaban J connectivity index is -0.000000173. The zero-order valence-electron chi connectivity index (χ0n) is 17.9. The normalized spacial score (nSPS) is 10.0. The summed E-state index contributed by atoms with van der Waals surface area (Å²) in [5.41, 5.74) is 0. The molecule has 0 radical (unpaired) electrons. The van der Waals surface area contributed by atoms with Crippen molar-refractivity contribution >= 4 is 58.3 Å². The molecule has 0 aliphatic carbocycles. The Kier molecular flexibility index (Phi) is 25.3. The van der Waals surface area contributed by atoms with E-state index in [4.69, 9.17) is 49.7 Å². The van der Waals surface area contributed by atoms with Crippen LogP contribution in [0.3, 0.4) is 0 Å². The molecule has 0 aromatic rings. The van der Waals surface area contributed by atoms with E-state index >= 15 is 0 Å². The Labute approximate surface area is 197 Å². The molecule has 0 amide bonds. The summed E-state index contributed by atoms with van der Waals surface area (Å²) in [5.74, 6) is 2.52. The van der Waals surface area contributed by atoms with Crippen LogP contribution in [-0.2, 0) is 44.7 Å². The average Bonchev–Trinajstić information content (AvgIpc) is 2.35. The molecule has 8 heteroatoms. The Morgan fingerprint density at radius 3 is 0.846 bits per heavy atom. The molecule has 0 atom stereocenters. The van der Waals surface area contributed by atoms with Crippen LogP contribution in [-0.4, -0.2) is 50.1 Å². The van der Waals surface area contributed by atoms with Gasteiger partial charge in [-0.2, -0.15) is 0 Å². The van der Waals surface area contributed by atoms with Gasteiger partial charge in [0.05, 0.1) is 0 Å². The topological polar surface area (TPSA) is 38.0 Å². The van der Waals surface area contributed by atoms with Crippen molar-refractivity contribution in [1.82, 2.24) is 9.80 Å². The molecular weight excluding hydrogens is 454 g/mol. The van der Waals surface area contributed by atoms with Crippen LogP contribution in [0.25, 0.3) is 0 Å². The van der Waals surface area contributed by atoms with Crippen molar-refractivity contribution in [2.24, 2.45) is 23.7 Å². The van der Waals surface area contributed by atoms with E-state index in [0.29, 0.717) is 32.3 Å². The van der Waals surface area contributed by atoms with Crippen LogP contribution in [0.15, 0.2) is 0 Å². The molecule has 2 N–H and O–H groups in total. The minimum absolute atomic E-state index is 0. The Morgan fingerprint density at radius 1 is 0.615 bits per heavy atom. The first kappa shape index (κ1) is 34.3. The summed E-state index contributed by atoms with van der Waals surface area (Å²) >= 11 is 20.0. The van der Waals surface area contributed by atoms with Gasteiger partial charge in [0.25, 0.3) is 0 Å². The van der Waals surface area contributed by atoms with Gasteiger partial charge in [0.2, 0.25) is 0 Å². The number of thiocarbonyl (C=S) groups is 2. The van der Waals surface area contributed by atoms with Crippen LogP contribution in [0.5, 0.6) is 0 Å². The third-order valence-electron chi connectivity index (χ3n) is 2.86. The van der Waals surface area contributed by atoms with Gasteiger partial charge in [0.1, 0.15) is 0 Å². The molecule has 0 aromatic carbocycles. The maximum Gasteiger partial charge on any atom is 2.00 e. The minimum atomic E-state index is 0. The van der Waals surface area contributed by atoms with Gasteiger partial charge in [-0.1, -0.05) is 64.0 Å². The summed E-state index contributed by atoms with van der Waals surface area (Å²) in [6.07, 6.45) is 0. The van der Waals surface area contributed by atoms with E-state index in [1.165, 1.54) is 0 Å². The van der Waals surface area contributed by atoms with Gasteiger partial charge < -0.3 is 65.0 Å². The van der Waals surface area contributed by atoms with Gasteiger partial charge in [-0.15, -0.1) is 0 Å². The number of hydrogen-bond donors (Lipinski definition) is 0. The van der Waals surface area contributed by atoms with E-state index in [-0.39, 0.29) is 25.0 Å². The number of rotatable bonds is 8. The van der Waals surface area contributed by atoms with Crippen molar-refractivity contribution in [2.45, 2.75) is 55.4 Å². The zero-order valence-corrected chi connectivity index (χ0v) is 24.1. The van der Waals surface area contributed by atoms with E-state index in [1.807, 2.05) is 0 Å². The Hall–Kier alpha value is 0.803. The van der Waals surface area contributed by atoms with E-state index in [1.54, 1.807) is 0 Å². The molecule has 0 rings (SSSR count). The smallest absolute Gasteiger partial charge is 0.412 e. The molecule has 0 aliphatic rings. The third kappa shape index (κ3) is 22.8. The first-order chi connectivity index (χ1) is 10.9. The quantitative estimate of drug-likeness (QED) is 0.290. The van der Waals surface area contributed by atoms with Gasteiger partial charge in [0, 0.05) is 26.2 Å². The Morgan fingerprint density at radius 2 is 0.769 bits per heavy atom. The van der Waals surface area contributed by atoms with E-state index < -0.39 is 0 Å². The van der Waals surface area contributed by atoms with Gasteiger partial charge in [-0.05, 0) is 23.7 Å². The predicted molar refractivity (Wildman–Crippen MR) is 126 cm³/mol. The first-order valence-electron chi connectivity index (χ1n) is 8.78. The summed E-state index contributed by atoms with van der Waals surface area (Å²) in [7, 11) is 0. The summed E-state index contributed by atoms with van der Waals surface area (Å²) in [4.78, 5) is 4.22. The van der Waals surface area contributed by atoms with Gasteiger partial charge in [-0.25, -0.2) is 0 Å². The zero-order chi connectivity index (χ0) is 19.4. The fraction of sp³-hybridized carbons (Fsp3) is 0.889. The van der Waals surface area contributed by atoms with Crippen molar-refractivity contribution < 1.29 is 25.0 Å². The Bertz CT molecular complexity index is 313. The van der Waals surface area contributed by atoms with Crippen LogP contribution < -0.4 is 0 Å².